The van der Waals surface area contributed by atoms with E-state index in [0.717, 1.165) is 12.8 Å². The molecule has 0 bridgehead atoms. The molecule has 0 saturated carbocycles. The molecule has 1 N–H and O–H groups in total. The summed E-state index contributed by atoms with van der Waals surface area (Å²) in [6, 6.07) is 0. The van der Waals surface area contributed by atoms with Crippen molar-refractivity contribution in [3.63, 3.8) is 0 Å². The van der Waals surface area contributed by atoms with Gasteiger partial charge in [0.1, 0.15) is 0 Å². The molecule has 0 aromatic heterocycles. The number of nitrogens with one attached hydrogen (secondary N) is 1. The SMILES string of the molecule is CC(C)CONC(=O)C1CCN(C(=O)C(C)C)CC1. The highest BCUT2D eigenvalue weighted by atomic mass is 16.6. The van der Waals surface area contributed by atoms with Crippen LogP contribution in [-0.2, 0) is 14.4 Å². The molecular formula is C14H26N2O3. The highest BCUT2D eigenvalue weighted by Crippen LogP contribution is 2.18. The molecule has 1 rings (SSSR count). The Kier molecular flexibility index (Phi) is 6.28. The molecule has 2 amide bonds. The Bertz CT molecular complexity index is 308. The number of hydrogen-bond acceptors (Lipinski definition) is 3. The molecule has 5 nitrogen and oxygen atoms in total. The first-order chi connectivity index (χ1) is 8.91. The van der Waals surface area contributed by atoms with Gasteiger partial charge in [0.2, 0.25) is 11.8 Å². The summed E-state index contributed by atoms with van der Waals surface area (Å²) in [5.41, 5.74) is 2.51. The van der Waals surface area contributed by atoms with E-state index < -0.39 is 0 Å². The Labute approximate surface area is 115 Å². The van der Waals surface area contributed by atoms with Crippen molar-refractivity contribution in [2.24, 2.45) is 17.8 Å². The predicted octanol–water partition coefficient (Wildman–Crippen LogP) is 1.58. The van der Waals surface area contributed by atoms with E-state index in [9.17, 15) is 9.59 Å². The molecular weight excluding hydrogens is 244 g/mol. The van der Waals surface area contributed by atoms with Gasteiger partial charge in [0.15, 0.2) is 0 Å². The van der Waals surface area contributed by atoms with Gasteiger partial charge in [0.05, 0.1) is 6.61 Å². The number of piperidine rings is 1. The average molecular weight is 270 g/mol. The van der Waals surface area contributed by atoms with Gasteiger partial charge >= 0.3 is 0 Å². The molecule has 1 heterocycles. The van der Waals surface area contributed by atoms with Crippen LogP contribution in [-0.4, -0.2) is 36.4 Å². The summed E-state index contributed by atoms with van der Waals surface area (Å²) < 4.78 is 0. The van der Waals surface area contributed by atoms with Crippen LogP contribution in [0.4, 0.5) is 0 Å². The van der Waals surface area contributed by atoms with Gasteiger partial charge in [-0.15, -0.1) is 0 Å². The largest absolute Gasteiger partial charge is 0.342 e. The van der Waals surface area contributed by atoms with Crippen LogP contribution in [0, 0.1) is 17.8 Å². The number of nitrogens with zero attached hydrogens (tertiary/aromatic N) is 1. The smallest absolute Gasteiger partial charge is 0.246 e. The van der Waals surface area contributed by atoms with Gasteiger partial charge in [-0.05, 0) is 18.8 Å². The second kappa shape index (κ2) is 7.48. The van der Waals surface area contributed by atoms with E-state index in [2.05, 4.69) is 5.48 Å². The maximum absolute atomic E-state index is 11.9. The van der Waals surface area contributed by atoms with Crippen LogP contribution in [0.25, 0.3) is 0 Å². The van der Waals surface area contributed by atoms with E-state index in [0.29, 0.717) is 25.6 Å². The van der Waals surface area contributed by atoms with Crippen molar-refractivity contribution < 1.29 is 14.4 Å². The van der Waals surface area contributed by atoms with Gasteiger partial charge in [-0.25, -0.2) is 5.48 Å². The molecule has 0 atom stereocenters. The number of hydrogen-bond donors (Lipinski definition) is 1. The lowest BCUT2D eigenvalue weighted by atomic mass is 9.95. The Balaban J connectivity index is 2.29. The fraction of sp³-hybridized carbons (Fsp3) is 0.857. The molecule has 0 aromatic rings. The average Bonchev–Trinajstić information content (AvgIpc) is 2.37. The summed E-state index contributed by atoms with van der Waals surface area (Å²) in [4.78, 5) is 30.7. The minimum atomic E-state index is -0.0581. The van der Waals surface area contributed by atoms with Crippen LogP contribution in [0.2, 0.25) is 0 Å². The third-order valence-electron chi connectivity index (χ3n) is 3.26. The summed E-state index contributed by atoms with van der Waals surface area (Å²) in [6.45, 7) is 9.72. The molecule has 1 aliphatic rings. The number of carbonyl (C=O) groups excluding carboxylic acids is 2. The van der Waals surface area contributed by atoms with Gasteiger partial charge < -0.3 is 4.90 Å². The molecule has 0 unspecified atom stereocenters. The molecule has 1 aliphatic heterocycles. The first-order valence-electron chi connectivity index (χ1n) is 7.12. The molecule has 5 heteroatoms. The number of likely N-dealkylation sites (tertiary alicyclic amines) is 1. The Morgan fingerprint density at radius 2 is 1.79 bits per heavy atom. The maximum Gasteiger partial charge on any atom is 0.246 e. The van der Waals surface area contributed by atoms with Crippen LogP contribution in [0.3, 0.4) is 0 Å². The van der Waals surface area contributed by atoms with E-state index in [1.165, 1.54) is 0 Å². The van der Waals surface area contributed by atoms with Gasteiger partial charge in [-0.1, -0.05) is 27.7 Å². The van der Waals surface area contributed by atoms with Crippen LogP contribution < -0.4 is 5.48 Å². The van der Waals surface area contributed by atoms with Crippen molar-refractivity contribution in [3.8, 4) is 0 Å². The quantitative estimate of drug-likeness (QED) is 0.772. The van der Waals surface area contributed by atoms with Crippen molar-refractivity contribution in [1.29, 1.82) is 0 Å². The summed E-state index contributed by atoms with van der Waals surface area (Å²) in [5.74, 6) is 0.501. The topological polar surface area (TPSA) is 58.6 Å². The summed E-state index contributed by atoms with van der Waals surface area (Å²) in [7, 11) is 0. The van der Waals surface area contributed by atoms with E-state index >= 15 is 0 Å². The molecule has 1 fully saturated rings. The zero-order valence-electron chi connectivity index (χ0n) is 12.4. The molecule has 0 spiro atoms. The standard InChI is InChI=1S/C14H26N2O3/c1-10(2)9-19-15-13(17)12-5-7-16(8-6-12)14(18)11(3)4/h10-12H,5-9H2,1-4H3,(H,15,17). The Hall–Kier alpha value is -1.10. The summed E-state index contributed by atoms with van der Waals surface area (Å²) in [6.07, 6.45) is 1.44. The monoisotopic (exact) mass is 270 g/mol. The zero-order chi connectivity index (χ0) is 14.4. The predicted molar refractivity (Wildman–Crippen MR) is 73.1 cm³/mol. The van der Waals surface area contributed by atoms with Crippen molar-refractivity contribution in [1.82, 2.24) is 10.4 Å². The van der Waals surface area contributed by atoms with Gasteiger partial charge in [0.25, 0.3) is 0 Å². The third-order valence-corrected chi connectivity index (χ3v) is 3.26. The van der Waals surface area contributed by atoms with Crippen LogP contribution >= 0.6 is 0 Å². The maximum atomic E-state index is 11.9. The Morgan fingerprint density at radius 1 is 1.21 bits per heavy atom. The van der Waals surface area contributed by atoms with Crippen molar-refractivity contribution in [2.45, 2.75) is 40.5 Å². The summed E-state index contributed by atoms with van der Waals surface area (Å²) >= 11 is 0. The minimum absolute atomic E-state index is 0.0275. The molecule has 19 heavy (non-hydrogen) atoms. The van der Waals surface area contributed by atoms with E-state index in [4.69, 9.17) is 4.84 Å². The highest BCUT2D eigenvalue weighted by Gasteiger charge is 2.28. The number of carbonyl (C=O) groups is 2. The first-order valence-corrected chi connectivity index (χ1v) is 7.12. The van der Waals surface area contributed by atoms with Crippen molar-refractivity contribution in [3.05, 3.63) is 0 Å². The second-order valence-electron chi connectivity index (χ2n) is 5.93. The van der Waals surface area contributed by atoms with Crippen molar-refractivity contribution >= 4 is 11.8 Å². The van der Waals surface area contributed by atoms with Crippen LogP contribution in [0.15, 0.2) is 0 Å². The highest BCUT2D eigenvalue weighted by molar-refractivity contribution is 5.80. The molecule has 0 aromatic carbocycles. The van der Waals surface area contributed by atoms with E-state index in [1.807, 2.05) is 32.6 Å². The molecule has 0 aliphatic carbocycles. The zero-order valence-corrected chi connectivity index (χ0v) is 12.4. The number of amides is 2. The normalized spacial score (nSPS) is 17.1. The lowest BCUT2D eigenvalue weighted by Crippen LogP contribution is -2.44. The minimum Gasteiger partial charge on any atom is -0.342 e. The van der Waals surface area contributed by atoms with Gasteiger partial charge in [-0.2, -0.15) is 0 Å². The fourth-order valence-corrected chi connectivity index (χ4v) is 2.09. The number of hydroxylamine groups is 1. The number of rotatable bonds is 5. The summed E-state index contributed by atoms with van der Waals surface area (Å²) in [5, 5.41) is 0. The first kappa shape index (κ1) is 16.0. The van der Waals surface area contributed by atoms with Crippen LogP contribution in [0.5, 0.6) is 0 Å². The molecule has 110 valence electrons. The van der Waals surface area contributed by atoms with Crippen LogP contribution in [0.1, 0.15) is 40.5 Å². The second-order valence-corrected chi connectivity index (χ2v) is 5.93. The van der Waals surface area contributed by atoms with E-state index in [1.54, 1.807) is 0 Å². The lowest BCUT2D eigenvalue weighted by Gasteiger charge is -2.32. The molecule has 0 radical (unpaired) electrons. The Morgan fingerprint density at radius 3 is 2.26 bits per heavy atom. The molecule has 1 saturated heterocycles. The van der Waals surface area contributed by atoms with Gasteiger partial charge in [0, 0.05) is 24.9 Å². The van der Waals surface area contributed by atoms with Gasteiger partial charge in [-0.3, -0.25) is 14.4 Å². The lowest BCUT2D eigenvalue weighted by molar-refractivity contribution is -0.143. The third kappa shape index (κ3) is 5.19. The van der Waals surface area contributed by atoms with Crippen molar-refractivity contribution in [2.75, 3.05) is 19.7 Å². The van der Waals surface area contributed by atoms with E-state index in [-0.39, 0.29) is 23.7 Å². The fourth-order valence-electron chi connectivity index (χ4n) is 2.09.